The van der Waals surface area contributed by atoms with Crippen LogP contribution < -0.4 is 4.74 Å². The molecule has 0 spiro atoms. The summed E-state index contributed by atoms with van der Waals surface area (Å²) in [6.45, 7) is 11.4. The molecule has 3 nitrogen and oxygen atoms in total. The molecule has 0 aliphatic rings. The van der Waals surface area contributed by atoms with Crippen molar-refractivity contribution in [3.63, 3.8) is 0 Å². The fourth-order valence-corrected chi connectivity index (χ4v) is 2.37. The summed E-state index contributed by atoms with van der Waals surface area (Å²) in [5.41, 5.74) is 1.28. The number of benzene rings is 1. The van der Waals surface area contributed by atoms with E-state index < -0.39 is 0 Å². The molecule has 1 aromatic carbocycles. The monoisotopic (exact) mass is 344 g/mol. The third kappa shape index (κ3) is 5.08. The first-order valence-corrected chi connectivity index (χ1v) is 7.98. The van der Waals surface area contributed by atoms with Gasteiger partial charge in [0.1, 0.15) is 11.9 Å². The molecule has 0 fully saturated rings. The maximum absolute atomic E-state index is 5.95. The minimum Gasteiger partial charge on any atom is -0.484 e. The molecule has 0 aliphatic heterocycles. The van der Waals surface area contributed by atoms with Crippen molar-refractivity contribution in [3.05, 3.63) is 28.2 Å². The molecule has 0 aromatic heterocycles. The Morgan fingerprint density at radius 2 is 1.65 bits per heavy atom. The molecule has 1 atom stereocenters. The fraction of sp³-hybridized carbons (Fsp3) is 0.625. The Balaban J connectivity index is 2.76. The van der Waals surface area contributed by atoms with Crippen molar-refractivity contribution in [3.8, 4) is 5.75 Å². The highest BCUT2D eigenvalue weighted by Gasteiger charge is 2.20. The summed E-state index contributed by atoms with van der Waals surface area (Å²) in [6, 6.07) is 6.18. The molecule has 0 N–H and O–H groups in total. The van der Waals surface area contributed by atoms with Crippen LogP contribution in [0, 0.1) is 0 Å². The average Bonchev–Trinajstić information content (AvgIpc) is 2.40. The highest BCUT2D eigenvalue weighted by atomic mass is 79.9. The second-order valence-corrected chi connectivity index (χ2v) is 5.80. The summed E-state index contributed by atoms with van der Waals surface area (Å²) in [7, 11) is 0. The van der Waals surface area contributed by atoms with Crippen molar-refractivity contribution < 1.29 is 14.2 Å². The van der Waals surface area contributed by atoms with Crippen LogP contribution in [0.3, 0.4) is 0 Å². The molecule has 0 saturated heterocycles. The zero-order valence-electron chi connectivity index (χ0n) is 13.0. The molecule has 4 heteroatoms. The van der Waals surface area contributed by atoms with Crippen molar-refractivity contribution in [2.75, 3.05) is 13.2 Å². The van der Waals surface area contributed by atoms with Gasteiger partial charge in [0, 0.05) is 13.2 Å². The minimum atomic E-state index is -0.346. The second kappa shape index (κ2) is 8.65. The Kier molecular flexibility index (Phi) is 7.56. The normalized spacial score (nSPS) is 13.0. The Labute approximate surface area is 130 Å². The van der Waals surface area contributed by atoms with Gasteiger partial charge in [-0.25, -0.2) is 0 Å². The van der Waals surface area contributed by atoms with Crippen molar-refractivity contribution in [2.45, 2.75) is 52.9 Å². The summed E-state index contributed by atoms with van der Waals surface area (Å²) >= 11 is 3.56. The van der Waals surface area contributed by atoms with Crippen LogP contribution in [0.25, 0.3) is 0 Å². The van der Waals surface area contributed by atoms with Crippen LogP contribution in [-0.2, 0) is 9.47 Å². The van der Waals surface area contributed by atoms with Gasteiger partial charge in [0.15, 0.2) is 6.29 Å². The van der Waals surface area contributed by atoms with Crippen molar-refractivity contribution >= 4 is 15.9 Å². The topological polar surface area (TPSA) is 27.7 Å². The second-order valence-electron chi connectivity index (χ2n) is 4.95. The minimum absolute atomic E-state index is 0.170. The van der Waals surface area contributed by atoms with E-state index >= 15 is 0 Å². The third-order valence-corrected chi connectivity index (χ3v) is 3.60. The van der Waals surface area contributed by atoms with Gasteiger partial charge in [-0.1, -0.05) is 19.9 Å². The van der Waals surface area contributed by atoms with E-state index in [-0.39, 0.29) is 12.4 Å². The lowest BCUT2D eigenvalue weighted by Gasteiger charge is -2.25. The molecular formula is C16H25BrO3. The van der Waals surface area contributed by atoms with Crippen LogP contribution >= 0.6 is 15.9 Å². The van der Waals surface area contributed by atoms with Gasteiger partial charge in [0.05, 0.1) is 4.47 Å². The Hall–Kier alpha value is -0.580. The van der Waals surface area contributed by atoms with E-state index in [0.29, 0.717) is 19.1 Å². The van der Waals surface area contributed by atoms with Crippen LogP contribution in [0.1, 0.15) is 46.1 Å². The van der Waals surface area contributed by atoms with E-state index in [2.05, 4.69) is 41.9 Å². The van der Waals surface area contributed by atoms with Gasteiger partial charge in [0.25, 0.3) is 0 Å². The standard InChI is InChI=1S/C16H25BrO3/c1-6-18-16(19-7-2)12(5)20-15-9-8-13(11(3)4)10-14(15)17/h8-12,16H,6-7H2,1-5H3. The Morgan fingerprint density at radius 3 is 2.10 bits per heavy atom. The van der Waals surface area contributed by atoms with E-state index in [9.17, 15) is 0 Å². The molecular weight excluding hydrogens is 320 g/mol. The zero-order chi connectivity index (χ0) is 15.1. The number of halogens is 1. The highest BCUT2D eigenvalue weighted by molar-refractivity contribution is 9.10. The van der Waals surface area contributed by atoms with Crippen molar-refractivity contribution in [1.82, 2.24) is 0 Å². The Morgan fingerprint density at radius 1 is 1.05 bits per heavy atom. The van der Waals surface area contributed by atoms with Crippen LogP contribution in [0.5, 0.6) is 5.75 Å². The van der Waals surface area contributed by atoms with Crippen LogP contribution in [0.15, 0.2) is 22.7 Å². The SMILES string of the molecule is CCOC(OCC)C(C)Oc1ccc(C(C)C)cc1Br. The van der Waals surface area contributed by atoms with E-state index in [0.717, 1.165) is 10.2 Å². The molecule has 0 heterocycles. The molecule has 0 radical (unpaired) electrons. The van der Waals surface area contributed by atoms with Crippen LogP contribution in [0.2, 0.25) is 0 Å². The lowest BCUT2D eigenvalue weighted by atomic mass is 10.0. The van der Waals surface area contributed by atoms with E-state index in [1.807, 2.05) is 26.8 Å². The molecule has 0 aliphatic carbocycles. The molecule has 0 saturated carbocycles. The van der Waals surface area contributed by atoms with E-state index in [1.54, 1.807) is 0 Å². The molecule has 0 bridgehead atoms. The summed E-state index contributed by atoms with van der Waals surface area (Å²) in [4.78, 5) is 0. The van der Waals surface area contributed by atoms with E-state index in [1.165, 1.54) is 5.56 Å². The molecule has 0 amide bonds. The van der Waals surface area contributed by atoms with Gasteiger partial charge in [0.2, 0.25) is 0 Å². The quantitative estimate of drug-likeness (QED) is 0.637. The summed E-state index contributed by atoms with van der Waals surface area (Å²) < 4.78 is 18.0. The maximum Gasteiger partial charge on any atom is 0.194 e. The predicted molar refractivity (Wildman–Crippen MR) is 85.4 cm³/mol. The first kappa shape index (κ1) is 17.5. The number of rotatable bonds is 8. The first-order chi connectivity index (χ1) is 9.49. The zero-order valence-corrected chi connectivity index (χ0v) is 14.6. The lowest BCUT2D eigenvalue weighted by Crippen LogP contribution is -2.34. The third-order valence-electron chi connectivity index (χ3n) is 2.98. The van der Waals surface area contributed by atoms with Gasteiger partial charge in [-0.2, -0.15) is 0 Å². The van der Waals surface area contributed by atoms with Gasteiger partial charge < -0.3 is 14.2 Å². The number of hydrogen-bond acceptors (Lipinski definition) is 3. The molecule has 20 heavy (non-hydrogen) atoms. The Bertz CT molecular complexity index is 401. The fourth-order valence-electron chi connectivity index (χ4n) is 1.88. The summed E-state index contributed by atoms with van der Waals surface area (Å²) in [5.74, 6) is 1.31. The predicted octanol–water partition coefficient (Wildman–Crippen LogP) is 4.74. The van der Waals surface area contributed by atoms with Crippen LogP contribution in [0.4, 0.5) is 0 Å². The molecule has 1 unspecified atom stereocenters. The van der Waals surface area contributed by atoms with Gasteiger partial charge in [-0.15, -0.1) is 0 Å². The molecule has 114 valence electrons. The molecule has 1 aromatic rings. The smallest absolute Gasteiger partial charge is 0.194 e. The molecule has 1 rings (SSSR count). The van der Waals surface area contributed by atoms with Gasteiger partial charge >= 0.3 is 0 Å². The lowest BCUT2D eigenvalue weighted by molar-refractivity contribution is -0.178. The largest absolute Gasteiger partial charge is 0.484 e. The highest BCUT2D eigenvalue weighted by Crippen LogP contribution is 2.30. The van der Waals surface area contributed by atoms with Gasteiger partial charge in [-0.05, 0) is 60.3 Å². The van der Waals surface area contributed by atoms with Crippen molar-refractivity contribution in [2.24, 2.45) is 0 Å². The van der Waals surface area contributed by atoms with Crippen LogP contribution in [-0.4, -0.2) is 25.6 Å². The number of hydrogen-bond donors (Lipinski definition) is 0. The van der Waals surface area contributed by atoms with Gasteiger partial charge in [-0.3, -0.25) is 0 Å². The summed E-state index contributed by atoms with van der Waals surface area (Å²) in [5, 5.41) is 0. The van der Waals surface area contributed by atoms with E-state index in [4.69, 9.17) is 14.2 Å². The average molecular weight is 345 g/mol. The first-order valence-electron chi connectivity index (χ1n) is 7.18. The maximum atomic E-state index is 5.95. The summed E-state index contributed by atoms with van der Waals surface area (Å²) in [6.07, 6.45) is -0.516. The van der Waals surface area contributed by atoms with Crippen molar-refractivity contribution in [1.29, 1.82) is 0 Å². The number of ether oxygens (including phenoxy) is 3.